The van der Waals surface area contributed by atoms with Gasteiger partial charge in [0.05, 0.1) is 0 Å². The van der Waals surface area contributed by atoms with E-state index in [2.05, 4.69) is 72.8 Å². The van der Waals surface area contributed by atoms with Crippen LogP contribution in [-0.2, 0) is 8.43 Å². The van der Waals surface area contributed by atoms with Gasteiger partial charge in [0, 0.05) is 0 Å². The Bertz CT molecular complexity index is 888. The van der Waals surface area contributed by atoms with E-state index in [4.69, 9.17) is 4.82 Å². The summed E-state index contributed by atoms with van der Waals surface area (Å²) in [6.45, 7) is 0. The number of hydrogen-bond acceptors (Lipinski definition) is 0. The molecule has 21 heavy (non-hydrogen) atoms. The Morgan fingerprint density at radius 2 is 1.52 bits per heavy atom. The molecule has 0 saturated heterocycles. The number of allylic oxidation sites excluding steroid dienone is 4. The first-order valence-corrected chi connectivity index (χ1v) is 22.2. The normalized spacial score (nSPS) is 28.0. The Hall–Kier alpha value is 0.424. The summed E-state index contributed by atoms with van der Waals surface area (Å²) in [5.41, 5.74) is 0. The summed E-state index contributed by atoms with van der Waals surface area (Å²) < 4.78 is 2.98. The van der Waals surface area contributed by atoms with Crippen LogP contribution in [0.5, 0.6) is 0 Å². The summed E-state index contributed by atoms with van der Waals surface area (Å²) in [5, 5.41) is 17.4. The van der Waals surface area contributed by atoms with Crippen LogP contribution >= 0.6 is 33.0 Å². The molecule has 0 amide bonds. The van der Waals surface area contributed by atoms with Gasteiger partial charge in [-0.15, -0.1) is 24.8 Å². The molecular formula is C17H34Cl2PTi. The van der Waals surface area contributed by atoms with Crippen molar-refractivity contribution in [3.63, 3.8) is 0 Å². The molecule has 0 aromatic carbocycles. The van der Waals surface area contributed by atoms with Crippen LogP contribution in [0, 0.1) is 0 Å². The maximum atomic E-state index is 5.25. The Balaban J connectivity index is 0.00000200. The van der Waals surface area contributed by atoms with E-state index in [1.54, 1.807) is 0 Å². The van der Waals surface area contributed by atoms with Gasteiger partial charge in [-0.1, -0.05) is 0 Å². The molecular weight excluding hydrogens is 354 g/mol. The summed E-state index contributed by atoms with van der Waals surface area (Å²) in [5.74, 6) is 2.29. The van der Waals surface area contributed by atoms with Crippen LogP contribution in [-0.4, -0.2) is 4.82 Å². The predicted octanol–water partition coefficient (Wildman–Crippen LogP) is 7.17. The van der Waals surface area contributed by atoms with E-state index in [1.807, 2.05) is 0 Å². The van der Waals surface area contributed by atoms with Crippen molar-refractivity contribution in [2.24, 2.45) is 0 Å². The van der Waals surface area contributed by atoms with Crippen molar-refractivity contribution in [2.45, 2.75) is 43.0 Å². The van der Waals surface area contributed by atoms with Gasteiger partial charge in [-0.05, 0) is 0 Å². The van der Waals surface area contributed by atoms with Gasteiger partial charge in [-0.3, -0.25) is 0 Å². The average Bonchev–Trinajstić information content (AvgIpc) is 2.74. The quantitative estimate of drug-likeness (QED) is 0.471. The summed E-state index contributed by atoms with van der Waals surface area (Å²) in [6.07, 6.45) is 7.78. The van der Waals surface area contributed by atoms with Crippen LogP contribution < -0.4 is 3.60 Å². The summed E-state index contributed by atoms with van der Waals surface area (Å²) in [4.78, 5) is 5.25. The van der Waals surface area contributed by atoms with Crippen LogP contribution in [0.15, 0.2) is 40.0 Å². The van der Waals surface area contributed by atoms with Crippen LogP contribution in [0.3, 0.4) is 0 Å². The van der Waals surface area contributed by atoms with Crippen molar-refractivity contribution in [2.75, 3.05) is 0 Å². The van der Waals surface area contributed by atoms with Crippen molar-refractivity contribution < 1.29 is 8.43 Å². The molecule has 1 aromatic heterocycles. The van der Waals surface area contributed by atoms with Crippen molar-refractivity contribution in [3.8, 4) is 0 Å². The summed E-state index contributed by atoms with van der Waals surface area (Å²) in [7, 11) is -4.80. The van der Waals surface area contributed by atoms with Gasteiger partial charge in [0.25, 0.3) is 0 Å². The standard InChI is InChI=1S/C5H5.C4H4P.7CH3.CH2.2ClH.Ti/c2*1-2-4-5-3-1;;;;;;;;;;;/h1-3H,4H2;1-3,5H;7*1H3;1H2;2*1H;. The third kappa shape index (κ3) is 2.73. The Labute approximate surface area is 132 Å². The second-order valence-corrected chi connectivity index (χ2v) is 76.1. The van der Waals surface area contributed by atoms with Gasteiger partial charge in [-0.2, -0.15) is 0 Å². The monoisotopic (exact) mass is 387 g/mol. The van der Waals surface area contributed by atoms with Crippen molar-refractivity contribution in [1.29, 1.82) is 0 Å². The minimum atomic E-state index is -5.51. The first-order chi connectivity index (χ1) is 7.53. The van der Waals surface area contributed by atoms with Crippen LogP contribution in [0.25, 0.3) is 0 Å². The van der Waals surface area contributed by atoms with Gasteiger partial charge in [0.2, 0.25) is 0 Å². The Morgan fingerprint density at radius 1 is 1.00 bits per heavy atom. The molecule has 1 heterocycles. The molecule has 1 unspecified atom stereocenters. The maximum absolute atomic E-state index is 5.51. The second kappa shape index (κ2) is 2.18. The summed E-state index contributed by atoms with van der Waals surface area (Å²) >= 11 is 0. The van der Waals surface area contributed by atoms with Gasteiger partial charge in [0.1, 0.15) is 0 Å². The molecule has 0 saturated carbocycles. The SMILES string of the molecule is Cl.Cl.[CH2]=[Ti]([CH3])([CH3])([CH3])([CH3])([CH3])([CH3])([CH3])([C]1=CC=CC1)[c]1ccc[pH]1. The van der Waals surface area contributed by atoms with Crippen LogP contribution in [0.4, 0.5) is 0 Å². The van der Waals surface area contributed by atoms with E-state index in [0.29, 0.717) is 8.19 Å². The molecule has 2 rings (SSSR count). The molecule has 0 aliphatic heterocycles. The van der Waals surface area contributed by atoms with E-state index >= 15 is 0 Å². The van der Waals surface area contributed by atoms with Gasteiger partial charge < -0.3 is 0 Å². The van der Waals surface area contributed by atoms with Crippen molar-refractivity contribution in [3.05, 3.63) is 40.0 Å². The third-order valence-corrected chi connectivity index (χ3v) is 32.2. The fourth-order valence-corrected chi connectivity index (χ4v) is 20.0. The molecule has 0 fully saturated rings. The zero-order valence-electron chi connectivity index (χ0n) is 14.7. The van der Waals surface area contributed by atoms with E-state index in [1.165, 1.54) is 7.48 Å². The van der Waals surface area contributed by atoms with E-state index < -0.39 is 8.43 Å². The third-order valence-electron chi connectivity index (χ3n) is 6.22. The number of halogens is 2. The van der Waals surface area contributed by atoms with Gasteiger partial charge in [0.15, 0.2) is 0 Å². The van der Waals surface area contributed by atoms with Crippen molar-refractivity contribution >= 4 is 41.4 Å². The van der Waals surface area contributed by atoms with Gasteiger partial charge in [-0.25, -0.2) is 0 Å². The van der Waals surface area contributed by atoms with Crippen molar-refractivity contribution in [1.82, 2.24) is 0 Å². The fourth-order valence-electron chi connectivity index (χ4n) is 3.75. The van der Waals surface area contributed by atoms with E-state index in [9.17, 15) is 0 Å². The van der Waals surface area contributed by atoms with Gasteiger partial charge >= 0.3 is 108 Å². The molecule has 0 bridgehead atoms. The first-order valence-electron chi connectivity index (χ1n) is 7.56. The average molecular weight is 388 g/mol. The van der Waals surface area contributed by atoms with E-state index in [0.717, 1.165) is 6.42 Å². The molecule has 4 heteroatoms. The first kappa shape index (κ1) is 21.4. The molecule has 0 N–H and O–H groups in total. The summed E-state index contributed by atoms with van der Waals surface area (Å²) in [6, 6.07) is 4.53. The molecule has 1 aliphatic rings. The fraction of sp³-hybridized carbons (Fsp3) is 0.471. The molecule has 125 valence electrons. The van der Waals surface area contributed by atoms with Crippen LogP contribution in [0.1, 0.15) is 6.42 Å². The molecule has 1 atom stereocenters. The Kier molecular flexibility index (Phi) is 2.23. The number of rotatable bonds is 2. The topological polar surface area (TPSA) is 0 Å². The second-order valence-electron chi connectivity index (χ2n) is 19.4. The molecule has 1 aliphatic carbocycles. The van der Waals surface area contributed by atoms with E-state index in [-0.39, 0.29) is 24.8 Å². The molecule has 0 nitrogen and oxygen atoms in total. The predicted molar refractivity (Wildman–Crippen MR) is 110 cm³/mol. The number of hydrogen-bond donors (Lipinski definition) is 0. The molecule has 0 radical (unpaired) electrons. The Morgan fingerprint density at radius 3 is 1.86 bits per heavy atom. The minimum absolute atomic E-state index is 0. The van der Waals surface area contributed by atoms with Crippen LogP contribution in [0.2, 0.25) is 36.6 Å². The molecule has 0 spiro atoms. The molecule has 1 aromatic rings. The zero-order chi connectivity index (χ0) is 15.1. The zero-order valence-corrected chi connectivity index (χ0v) is 18.9.